The van der Waals surface area contributed by atoms with Gasteiger partial charge in [0.05, 0.1) is 17.3 Å². The van der Waals surface area contributed by atoms with Gasteiger partial charge in [-0.3, -0.25) is 0 Å². The third kappa shape index (κ3) is 4.63. The number of aliphatic hydroxyl groups is 1. The van der Waals surface area contributed by atoms with Crippen molar-refractivity contribution in [2.24, 2.45) is 0 Å². The van der Waals surface area contributed by atoms with E-state index in [0.717, 1.165) is 18.2 Å². The Morgan fingerprint density at radius 3 is 2.52 bits per heavy atom. The van der Waals surface area contributed by atoms with Crippen LogP contribution >= 0.6 is 0 Å². The van der Waals surface area contributed by atoms with Crippen LogP contribution in [0.4, 0.5) is 18.9 Å². The number of hydrogen-bond donors (Lipinski definition) is 2. The van der Waals surface area contributed by atoms with Gasteiger partial charge in [-0.1, -0.05) is 0 Å². The van der Waals surface area contributed by atoms with Gasteiger partial charge in [-0.05, 0) is 30.3 Å². The molecule has 7 heteroatoms. The number of nitriles is 1. The molecule has 1 atom stereocenters. The molecule has 120 valence electrons. The summed E-state index contributed by atoms with van der Waals surface area (Å²) in [5, 5.41) is 21.1. The van der Waals surface area contributed by atoms with Gasteiger partial charge in [0.2, 0.25) is 0 Å². The zero-order valence-corrected chi connectivity index (χ0v) is 11.9. The van der Waals surface area contributed by atoms with Crippen LogP contribution in [0.25, 0.3) is 0 Å². The maximum Gasteiger partial charge on any atom is 0.162 e. The molecule has 0 unspecified atom stereocenters. The number of hydrogen-bond acceptors (Lipinski definition) is 4. The van der Waals surface area contributed by atoms with Crippen LogP contribution in [0.2, 0.25) is 0 Å². The van der Waals surface area contributed by atoms with E-state index in [2.05, 4.69) is 5.32 Å². The van der Waals surface area contributed by atoms with Crippen molar-refractivity contribution < 1.29 is 23.0 Å². The average molecular weight is 322 g/mol. The summed E-state index contributed by atoms with van der Waals surface area (Å²) in [5.41, 5.74) is 0.325. The SMILES string of the molecule is N#Cc1ccc(NC[C@@H](O)COc2ccc(F)c(F)c2)c(F)c1. The lowest BCUT2D eigenvalue weighted by Gasteiger charge is -2.14. The first-order valence-electron chi connectivity index (χ1n) is 6.69. The molecular weight excluding hydrogens is 309 g/mol. The van der Waals surface area contributed by atoms with Crippen molar-refractivity contribution in [3.05, 3.63) is 59.4 Å². The smallest absolute Gasteiger partial charge is 0.162 e. The summed E-state index contributed by atoms with van der Waals surface area (Å²) < 4.78 is 44.5. The Labute approximate surface area is 130 Å². The minimum absolute atomic E-state index is 0.0213. The number of ether oxygens (including phenoxy) is 1. The first-order valence-corrected chi connectivity index (χ1v) is 6.69. The predicted molar refractivity (Wildman–Crippen MR) is 77.5 cm³/mol. The zero-order valence-electron chi connectivity index (χ0n) is 11.9. The van der Waals surface area contributed by atoms with Crippen molar-refractivity contribution in [2.75, 3.05) is 18.5 Å². The minimum Gasteiger partial charge on any atom is -0.491 e. The third-order valence-electron chi connectivity index (χ3n) is 2.96. The molecule has 0 saturated carbocycles. The lowest BCUT2D eigenvalue weighted by atomic mass is 10.2. The Morgan fingerprint density at radius 2 is 1.87 bits per heavy atom. The topological polar surface area (TPSA) is 65.3 Å². The highest BCUT2D eigenvalue weighted by molar-refractivity contribution is 5.48. The Bertz CT molecular complexity index is 732. The molecule has 23 heavy (non-hydrogen) atoms. The van der Waals surface area contributed by atoms with E-state index in [1.807, 2.05) is 6.07 Å². The van der Waals surface area contributed by atoms with Gasteiger partial charge in [-0.25, -0.2) is 13.2 Å². The second kappa shape index (κ2) is 7.51. The van der Waals surface area contributed by atoms with E-state index >= 15 is 0 Å². The molecule has 0 aliphatic carbocycles. The molecule has 0 aromatic heterocycles. The third-order valence-corrected chi connectivity index (χ3v) is 2.96. The molecule has 0 bridgehead atoms. The monoisotopic (exact) mass is 322 g/mol. The average Bonchev–Trinajstić information content (AvgIpc) is 2.54. The second-order valence-electron chi connectivity index (χ2n) is 4.73. The van der Waals surface area contributed by atoms with E-state index in [4.69, 9.17) is 10.00 Å². The van der Waals surface area contributed by atoms with Crippen LogP contribution in [-0.2, 0) is 0 Å². The van der Waals surface area contributed by atoms with Crippen LogP contribution in [-0.4, -0.2) is 24.4 Å². The largest absolute Gasteiger partial charge is 0.491 e. The number of halogens is 3. The van der Waals surface area contributed by atoms with Crippen LogP contribution < -0.4 is 10.1 Å². The van der Waals surface area contributed by atoms with Gasteiger partial charge >= 0.3 is 0 Å². The lowest BCUT2D eigenvalue weighted by molar-refractivity contribution is 0.117. The molecule has 0 radical (unpaired) electrons. The Balaban J connectivity index is 1.84. The lowest BCUT2D eigenvalue weighted by Crippen LogP contribution is -2.26. The molecule has 0 aliphatic rings. The Hall–Kier alpha value is -2.72. The number of anilines is 1. The normalized spacial score (nSPS) is 11.6. The zero-order chi connectivity index (χ0) is 16.8. The summed E-state index contributed by atoms with van der Waals surface area (Å²) in [5.74, 6) is -2.57. The van der Waals surface area contributed by atoms with Crippen LogP contribution in [0.3, 0.4) is 0 Å². The van der Waals surface area contributed by atoms with Gasteiger partial charge in [0.15, 0.2) is 11.6 Å². The highest BCUT2D eigenvalue weighted by Crippen LogP contribution is 2.17. The van der Waals surface area contributed by atoms with Crippen molar-refractivity contribution in [2.45, 2.75) is 6.10 Å². The quantitative estimate of drug-likeness (QED) is 0.858. The molecule has 4 nitrogen and oxygen atoms in total. The Kier molecular flexibility index (Phi) is 5.44. The summed E-state index contributed by atoms with van der Waals surface area (Å²) >= 11 is 0. The van der Waals surface area contributed by atoms with Crippen LogP contribution in [0.15, 0.2) is 36.4 Å². The molecule has 0 aliphatic heterocycles. The van der Waals surface area contributed by atoms with E-state index in [0.29, 0.717) is 0 Å². The minimum atomic E-state index is -1.05. The molecule has 0 fully saturated rings. The molecule has 0 saturated heterocycles. The van der Waals surface area contributed by atoms with Crippen molar-refractivity contribution in [3.8, 4) is 11.8 Å². The van der Waals surface area contributed by atoms with Gasteiger partial charge in [0, 0.05) is 12.6 Å². The number of benzene rings is 2. The van der Waals surface area contributed by atoms with Gasteiger partial charge in [-0.15, -0.1) is 0 Å². The van der Waals surface area contributed by atoms with Gasteiger partial charge in [0.25, 0.3) is 0 Å². The fraction of sp³-hybridized carbons (Fsp3) is 0.188. The number of nitrogens with one attached hydrogen (secondary N) is 1. The molecule has 0 amide bonds. The summed E-state index contributed by atoms with van der Waals surface area (Å²) in [4.78, 5) is 0. The van der Waals surface area contributed by atoms with Gasteiger partial charge in [0.1, 0.15) is 24.3 Å². The standard InChI is InChI=1S/C16H13F3N2O2/c17-13-3-2-12(6-14(13)18)23-9-11(22)8-21-16-4-1-10(7-20)5-15(16)19/h1-6,11,21-22H,8-9H2/t11-/m1/s1. The van der Waals surface area contributed by atoms with E-state index in [1.54, 1.807) is 0 Å². The van der Waals surface area contributed by atoms with E-state index < -0.39 is 23.6 Å². The molecule has 2 aromatic rings. The molecule has 2 aromatic carbocycles. The maximum absolute atomic E-state index is 13.6. The van der Waals surface area contributed by atoms with Crippen molar-refractivity contribution in [1.82, 2.24) is 0 Å². The second-order valence-corrected chi connectivity index (χ2v) is 4.73. The summed E-state index contributed by atoms with van der Waals surface area (Å²) in [6, 6.07) is 8.74. The molecule has 2 N–H and O–H groups in total. The van der Waals surface area contributed by atoms with Gasteiger partial charge in [-0.2, -0.15) is 5.26 Å². The van der Waals surface area contributed by atoms with Crippen molar-refractivity contribution in [1.29, 1.82) is 5.26 Å². The highest BCUT2D eigenvalue weighted by Gasteiger charge is 2.09. The summed E-state index contributed by atoms with van der Waals surface area (Å²) in [6.07, 6.45) is -1.00. The van der Waals surface area contributed by atoms with E-state index in [9.17, 15) is 18.3 Å². The molecule has 2 rings (SSSR count). The van der Waals surface area contributed by atoms with E-state index in [-0.39, 0.29) is 30.2 Å². The van der Waals surface area contributed by atoms with Crippen molar-refractivity contribution >= 4 is 5.69 Å². The number of nitrogens with zero attached hydrogens (tertiary/aromatic N) is 1. The fourth-order valence-corrected chi connectivity index (χ4v) is 1.77. The molecular formula is C16H13F3N2O2. The molecule has 0 heterocycles. The first-order chi connectivity index (χ1) is 11.0. The Morgan fingerprint density at radius 1 is 1.09 bits per heavy atom. The van der Waals surface area contributed by atoms with Crippen molar-refractivity contribution in [3.63, 3.8) is 0 Å². The van der Waals surface area contributed by atoms with Crippen LogP contribution in [0.5, 0.6) is 5.75 Å². The number of aliphatic hydroxyl groups excluding tert-OH is 1. The van der Waals surface area contributed by atoms with Gasteiger partial charge < -0.3 is 15.2 Å². The fourth-order valence-electron chi connectivity index (χ4n) is 1.77. The summed E-state index contributed by atoms with van der Waals surface area (Å²) in [7, 11) is 0. The predicted octanol–water partition coefficient (Wildman–Crippen LogP) is 2.83. The molecule has 0 spiro atoms. The van der Waals surface area contributed by atoms with E-state index in [1.165, 1.54) is 18.2 Å². The number of rotatable bonds is 6. The van der Waals surface area contributed by atoms with Crippen LogP contribution in [0.1, 0.15) is 5.56 Å². The van der Waals surface area contributed by atoms with Crippen LogP contribution in [0, 0.1) is 28.8 Å². The summed E-state index contributed by atoms with van der Waals surface area (Å²) in [6.45, 7) is -0.206. The first kappa shape index (κ1) is 16.6. The highest BCUT2D eigenvalue weighted by atomic mass is 19.2. The maximum atomic E-state index is 13.6.